The third-order valence-electron chi connectivity index (χ3n) is 3.45. The lowest BCUT2D eigenvalue weighted by molar-refractivity contribution is 0.0508. The van der Waals surface area contributed by atoms with Crippen LogP contribution in [0.15, 0.2) is 54.6 Å². The Morgan fingerprint density at radius 2 is 1.72 bits per heavy atom. The van der Waals surface area contributed by atoms with Gasteiger partial charge in [0.1, 0.15) is 18.0 Å². The van der Waals surface area contributed by atoms with E-state index < -0.39 is 11.7 Å². The molecule has 0 bridgehead atoms. The van der Waals surface area contributed by atoms with Crippen LogP contribution in [0.4, 0.5) is 4.79 Å². The molecule has 134 valence electrons. The van der Waals surface area contributed by atoms with Crippen LogP contribution in [-0.4, -0.2) is 17.7 Å². The average Bonchev–Trinajstić information content (AvgIpc) is 2.52. The fourth-order valence-electron chi connectivity index (χ4n) is 2.42. The van der Waals surface area contributed by atoms with Gasteiger partial charge in [-0.1, -0.05) is 42.5 Å². The quantitative estimate of drug-likeness (QED) is 0.827. The molecule has 1 unspecified atom stereocenters. The molecule has 1 atom stereocenters. The summed E-state index contributed by atoms with van der Waals surface area (Å²) in [6, 6.07) is 18.0. The van der Waals surface area contributed by atoms with Gasteiger partial charge in [0, 0.05) is 6.04 Å². The monoisotopic (exact) mass is 341 g/mol. The summed E-state index contributed by atoms with van der Waals surface area (Å²) in [6.45, 7) is 8.05. The third-order valence-corrected chi connectivity index (χ3v) is 3.45. The van der Waals surface area contributed by atoms with Crippen molar-refractivity contribution in [2.75, 3.05) is 0 Å². The highest BCUT2D eigenvalue weighted by molar-refractivity contribution is 5.68. The van der Waals surface area contributed by atoms with E-state index in [-0.39, 0.29) is 6.04 Å². The second kappa shape index (κ2) is 8.56. The normalized spacial score (nSPS) is 12.3. The van der Waals surface area contributed by atoms with Gasteiger partial charge < -0.3 is 14.8 Å². The Balaban J connectivity index is 1.87. The number of carbonyl (C=O) groups excluding carboxylic acids is 1. The molecule has 0 fully saturated rings. The standard InChI is InChI=1S/C21H27NO3/c1-16(22-20(23)25-21(2,3)4)13-18-11-8-12-19(14-18)24-15-17-9-6-5-7-10-17/h5-12,14,16H,13,15H2,1-4H3,(H,22,23). The molecule has 2 aromatic carbocycles. The first-order valence-corrected chi connectivity index (χ1v) is 8.57. The van der Waals surface area contributed by atoms with Crippen LogP contribution in [-0.2, 0) is 17.8 Å². The summed E-state index contributed by atoms with van der Waals surface area (Å²) in [6.07, 6.45) is 0.318. The third kappa shape index (κ3) is 7.29. The van der Waals surface area contributed by atoms with Crippen molar-refractivity contribution in [1.29, 1.82) is 0 Å². The van der Waals surface area contributed by atoms with Crippen LogP contribution in [0.3, 0.4) is 0 Å². The van der Waals surface area contributed by atoms with E-state index in [4.69, 9.17) is 9.47 Å². The molecule has 0 radical (unpaired) electrons. The number of benzene rings is 2. The summed E-state index contributed by atoms with van der Waals surface area (Å²) in [5.41, 5.74) is 1.75. The van der Waals surface area contributed by atoms with E-state index in [2.05, 4.69) is 5.32 Å². The highest BCUT2D eigenvalue weighted by atomic mass is 16.6. The molecule has 2 rings (SSSR count). The van der Waals surface area contributed by atoms with Crippen molar-refractivity contribution in [2.45, 2.75) is 52.4 Å². The molecule has 0 spiro atoms. The number of carbonyl (C=O) groups is 1. The highest BCUT2D eigenvalue weighted by Crippen LogP contribution is 2.16. The zero-order valence-electron chi connectivity index (χ0n) is 15.4. The maximum atomic E-state index is 11.8. The predicted molar refractivity (Wildman–Crippen MR) is 99.8 cm³/mol. The Morgan fingerprint density at radius 3 is 2.40 bits per heavy atom. The van der Waals surface area contributed by atoms with Gasteiger partial charge in [-0.3, -0.25) is 0 Å². The molecule has 0 aromatic heterocycles. The molecule has 4 nitrogen and oxygen atoms in total. The Morgan fingerprint density at radius 1 is 1.04 bits per heavy atom. The van der Waals surface area contributed by atoms with Gasteiger partial charge in [-0.25, -0.2) is 4.79 Å². The largest absolute Gasteiger partial charge is 0.489 e. The SMILES string of the molecule is CC(Cc1cccc(OCc2ccccc2)c1)NC(=O)OC(C)(C)C. The van der Waals surface area contributed by atoms with Crippen LogP contribution >= 0.6 is 0 Å². The lowest BCUT2D eigenvalue weighted by Gasteiger charge is -2.22. The molecular formula is C21H27NO3. The first-order valence-electron chi connectivity index (χ1n) is 8.57. The molecule has 1 N–H and O–H groups in total. The molecule has 0 heterocycles. The summed E-state index contributed by atoms with van der Waals surface area (Å²) in [4.78, 5) is 11.8. The van der Waals surface area contributed by atoms with Gasteiger partial charge in [-0.05, 0) is 57.4 Å². The lowest BCUT2D eigenvalue weighted by Crippen LogP contribution is -2.38. The van der Waals surface area contributed by atoms with Gasteiger partial charge >= 0.3 is 6.09 Å². The summed E-state index contributed by atoms with van der Waals surface area (Å²) in [5.74, 6) is 0.825. The van der Waals surface area contributed by atoms with Crippen molar-refractivity contribution in [3.05, 3.63) is 65.7 Å². The first-order chi connectivity index (χ1) is 11.8. The Hall–Kier alpha value is -2.49. The predicted octanol–water partition coefficient (Wildman–Crippen LogP) is 4.72. The van der Waals surface area contributed by atoms with E-state index in [0.29, 0.717) is 13.0 Å². The van der Waals surface area contributed by atoms with E-state index in [0.717, 1.165) is 16.9 Å². The van der Waals surface area contributed by atoms with Gasteiger partial charge in [0.05, 0.1) is 0 Å². The van der Waals surface area contributed by atoms with Gasteiger partial charge in [-0.2, -0.15) is 0 Å². The zero-order valence-corrected chi connectivity index (χ0v) is 15.4. The molecule has 0 aliphatic heterocycles. The minimum absolute atomic E-state index is 0.0285. The molecule has 25 heavy (non-hydrogen) atoms. The Labute approximate surface area is 150 Å². The van der Waals surface area contributed by atoms with Crippen LogP contribution in [0.2, 0.25) is 0 Å². The number of ether oxygens (including phenoxy) is 2. The van der Waals surface area contributed by atoms with Crippen molar-refractivity contribution < 1.29 is 14.3 Å². The first kappa shape index (κ1) is 18.8. The summed E-state index contributed by atoms with van der Waals surface area (Å²) in [7, 11) is 0. The minimum Gasteiger partial charge on any atom is -0.489 e. The van der Waals surface area contributed by atoms with Crippen molar-refractivity contribution in [1.82, 2.24) is 5.32 Å². The van der Waals surface area contributed by atoms with Crippen molar-refractivity contribution >= 4 is 6.09 Å². The smallest absolute Gasteiger partial charge is 0.407 e. The number of nitrogens with one attached hydrogen (secondary N) is 1. The topological polar surface area (TPSA) is 47.6 Å². The molecule has 0 aliphatic carbocycles. The fraction of sp³-hybridized carbons (Fsp3) is 0.381. The van der Waals surface area contributed by atoms with Crippen molar-refractivity contribution in [2.24, 2.45) is 0 Å². The molecule has 0 saturated heterocycles. The molecular weight excluding hydrogens is 314 g/mol. The van der Waals surface area contributed by atoms with E-state index >= 15 is 0 Å². The minimum atomic E-state index is -0.491. The number of rotatable bonds is 6. The number of hydrogen-bond acceptors (Lipinski definition) is 3. The lowest BCUT2D eigenvalue weighted by atomic mass is 10.1. The van der Waals surface area contributed by atoms with Crippen LogP contribution in [0.1, 0.15) is 38.8 Å². The molecule has 1 amide bonds. The van der Waals surface area contributed by atoms with Crippen molar-refractivity contribution in [3.8, 4) is 5.75 Å². The molecule has 2 aromatic rings. The number of hydrogen-bond donors (Lipinski definition) is 1. The maximum Gasteiger partial charge on any atom is 0.407 e. The van der Waals surface area contributed by atoms with E-state index in [1.54, 1.807) is 0 Å². The van der Waals surface area contributed by atoms with Gasteiger partial charge in [-0.15, -0.1) is 0 Å². The van der Waals surface area contributed by atoms with E-state index in [1.165, 1.54) is 0 Å². The molecule has 0 saturated carbocycles. The van der Waals surface area contributed by atoms with E-state index in [9.17, 15) is 4.79 Å². The average molecular weight is 341 g/mol. The van der Waals surface area contributed by atoms with Crippen molar-refractivity contribution in [3.63, 3.8) is 0 Å². The summed E-state index contributed by atoms with van der Waals surface area (Å²) >= 11 is 0. The molecule has 4 heteroatoms. The number of amides is 1. The maximum absolute atomic E-state index is 11.8. The van der Waals surface area contributed by atoms with Crippen LogP contribution in [0.5, 0.6) is 5.75 Å². The zero-order chi connectivity index (χ0) is 18.3. The van der Waals surface area contributed by atoms with E-state index in [1.807, 2.05) is 82.3 Å². The van der Waals surface area contributed by atoms with Gasteiger partial charge in [0.2, 0.25) is 0 Å². The summed E-state index contributed by atoms with van der Waals surface area (Å²) in [5, 5.41) is 2.86. The Kier molecular flexibility index (Phi) is 6.45. The molecule has 0 aliphatic rings. The van der Waals surface area contributed by atoms with Gasteiger partial charge in [0.25, 0.3) is 0 Å². The summed E-state index contributed by atoms with van der Waals surface area (Å²) < 4.78 is 11.1. The number of alkyl carbamates (subject to hydrolysis) is 1. The highest BCUT2D eigenvalue weighted by Gasteiger charge is 2.17. The van der Waals surface area contributed by atoms with Crippen LogP contribution in [0, 0.1) is 0 Å². The van der Waals surface area contributed by atoms with Crippen LogP contribution < -0.4 is 10.1 Å². The fourth-order valence-corrected chi connectivity index (χ4v) is 2.42. The Bertz CT molecular complexity index is 677. The van der Waals surface area contributed by atoms with Crippen LogP contribution in [0.25, 0.3) is 0 Å². The second-order valence-electron chi connectivity index (χ2n) is 7.17. The second-order valence-corrected chi connectivity index (χ2v) is 7.17. The van der Waals surface area contributed by atoms with Gasteiger partial charge in [0.15, 0.2) is 0 Å².